The predicted molar refractivity (Wildman–Crippen MR) is 115 cm³/mol. The lowest BCUT2D eigenvalue weighted by Crippen LogP contribution is -2.53. The van der Waals surface area contributed by atoms with Gasteiger partial charge in [0.15, 0.2) is 5.76 Å². The highest BCUT2D eigenvalue weighted by atomic mass is 16.3. The first-order valence-corrected chi connectivity index (χ1v) is 11.2. The molecular formula is C23H28N4O4. The van der Waals surface area contributed by atoms with Gasteiger partial charge in [-0.1, -0.05) is 19.3 Å². The number of furan rings is 1. The number of pyridine rings is 1. The molecule has 3 amide bonds. The fraction of sp³-hybridized carbons (Fsp3) is 0.522. The highest BCUT2D eigenvalue weighted by molar-refractivity contribution is 6.02. The molecule has 2 atom stereocenters. The largest absolute Gasteiger partial charge is 0.459 e. The molecule has 2 aromatic rings. The number of urea groups is 1. The van der Waals surface area contributed by atoms with E-state index in [0.29, 0.717) is 25.3 Å². The third kappa shape index (κ3) is 3.98. The second-order valence-corrected chi connectivity index (χ2v) is 9.00. The summed E-state index contributed by atoms with van der Waals surface area (Å²) in [5, 5.41) is 6.12. The Labute approximate surface area is 180 Å². The third-order valence-electron chi connectivity index (χ3n) is 6.80. The van der Waals surface area contributed by atoms with Gasteiger partial charge >= 0.3 is 6.03 Å². The van der Waals surface area contributed by atoms with Crippen LogP contribution in [0, 0.1) is 5.92 Å². The number of nitrogens with one attached hydrogen (secondary N) is 2. The maximum Gasteiger partial charge on any atom is 0.317 e. The highest BCUT2D eigenvalue weighted by Crippen LogP contribution is 2.38. The van der Waals surface area contributed by atoms with E-state index in [9.17, 15) is 14.4 Å². The van der Waals surface area contributed by atoms with E-state index < -0.39 is 0 Å². The van der Waals surface area contributed by atoms with Crippen molar-refractivity contribution in [2.45, 2.75) is 57.0 Å². The molecule has 164 valence electrons. The molecule has 2 aliphatic heterocycles. The molecule has 0 aromatic carbocycles. The normalized spacial score (nSPS) is 23.2. The number of carbonyl (C=O) groups is 2. The van der Waals surface area contributed by atoms with Crippen molar-refractivity contribution in [3.63, 3.8) is 0 Å². The Hall–Kier alpha value is -3.03. The molecule has 1 saturated heterocycles. The number of anilines is 1. The molecule has 8 heteroatoms. The zero-order valence-corrected chi connectivity index (χ0v) is 17.5. The first kappa shape index (κ1) is 19.9. The van der Waals surface area contributed by atoms with E-state index in [0.717, 1.165) is 25.0 Å². The molecule has 0 unspecified atom stereocenters. The van der Waals surface area contributed by atoms with Crippen LogP contribution < -0.4 is 16.2 Å². The Morgan fingerprint density at radius 2 is 1.87 bits per heavy atom. The molecule has 2 N–H and O–H groups in total. The zero-order chi connectivity index (χ0) is 21.4. The summed E-state index contributed by atoms with van der Waals surface area (Å²) in [5.41, 5.74) is 1.35. The average molecular weight is 425 g/mol. The van der Waals surface area contributed by atoms with E-state index in [2.05, 4.69) is 10.6 Å². The monoisotopic (exact) mass is 424 g/mol. The number of amides is 3. The van der Waals surface area contributed by atoms with Crippen LogP contribution in [0.5, 0.6) is 0 Å². The molecule has 1 aliphatic carbocycles. The Morgan fingerprint density at radius 3 is 2.65 bits per heavy atom. The maximum atomic E-state index is 13.0. The van der Waals surface area contributed by atoms with Crippen molar-refractivity contribution in [1.82, 2.24) is 14.8 Å². The fourth-order valence-electron chi connectivity index (χ4n) is 5.39. The lowest BCUT2D eigenvalue weighted by Gasteiger charge is -2.43. The molecule has 4 heterocycles. The van der Waals surface area contributed by atoms with Crippen molar-refractivity contribution in [2.75, 3.05) is 18.4 Å². The number of likely N-dealkylation sites (tertiary alicyclic amines) is 1. The van der Waals surface area contributed by atoms with Crippen molar-refractivity contribution < 1.29 is 14.0 Å². The second kappa shape index (κ2) is 8.24. The summed E-state index contributed by atoms with van der Waals surface area (Å²) in [6, 6.07) is 6.68. The molecule has 0 radical (unpaired) electrons. The molecule has 2 bridgehead atoms. The van der Waals surface area contributed by atoms with Crippen LogP contribution in [0.3, 0.4) is 0 Å². The first-order valence-electron chi connectivity index (χ1n) is 11.2. The number of aromatic nitrogens is 1. The van der Waals surface area contributed by atoms with Gasteiger partial charge < -0.3 is 24.5 Å². The van der Waals surface area contributed by atoms with Crippen molar-refractivity contribution in [3.05, 3.63) is 52.3 Å². The number of hydrogen-bond acceptors (Lipinski definition) is 4. The molecular weight excluding hydrogens is 396 g/mol. The SMILES string of the molecule is O=C(Nc1ccc(=O)n2c1[C@@H]1C[C@@H](CN(C(=O)NC3CCCCC3)C1)C2)c1ccco1. The van der Waals surface area contributed by atoms with Crippen LogP contribution in [0.1, 0.15) is 60.7 Å². The number of hydrogen-bond donors (Lipinski definition) is 2. The summed E-state index contributed by atoms with van der Waals surface area (Å²) in [7, 11) is 0. The van der Waals surface area contributed by atoms with E-state index >= 15 is 0 Å². The van der Waals surface area contributed by atoms with Gasteiger partial charge in [-0.25, -0.2) is 4.79 Å². The summed E-state index contributed by atoms with van der Waals surface area (Å²) in [6.45, 7) is 1.76. The Kier molecular flexibility index (Phi) is 5.29. The summed E-state index contributed by atoms with van der Waals surface area (Å²) in [5.74, 6) is 0.106. The number of nitrogens with zero attached hydrogens (tertiary/aromatic N) is 2. The van der Waals surface area contributed by atoms with Gasteiger partial charge in [0.25, 0.3) is 11.5 Å². The summed E-state index contributed by atoms with van der Waals surface area (Å²) in [6.07, 6.45) is 8.05. The van der Waals surface area contributed by atoms with Crippen LogP contribution >= 0.6 is 0 Å². The van der Waals surface area contributed by atoms with E-state index in [-0.39, 0.29) is 41.1 Å². The number of carbonyl (C=O) groups excluding carboxylic acids is 2. The van der Waals surface area contributed by atoms with Crippen LogP contribution in [-0.4, -0.2) is 40.5 Å². The molecule has 31 heavy (non-hydrogen) atoms. The molecule has 5 rings (SSSR count). The quantitative estimate of drug-likeness (QED) is 0.791. The van der Waals surface area contributed by atoms with Crippen LogP contribution in [0.4, 0.5) is 10.5 Å². The fourth-order valence-corrected chi connectivity index (χ4v) is 5.39. The van der Waals surface area contributed by atoms with Gasteiger partial charge in [0, 0.05) is 43.4 Å². The van der Waals surface area contributed by atoms with Gasteiger partial charge in [-0.05, 0) is 43.4 Å². The van der Waals surface area contributed by atoms with E-state index in [4.69, 9.17) is 4.42 Å². The Balaban J connectivity index is 1.37. The lowest BCUT2D eigenvalue weighted by molar-refractivity contribution is 0.0995. The Morgan fingerprint density at radius 1 is 1.03 bits per heavy atom. The number of rotatable bonds is 3. The van der Waals surface area contributed by atoms with Crippen molar-refractivity contribution in [2.24, 2.45) is 5.92 Å². The number of piperidine rings is 1. The Bertz CT molecular complexity index is 1020. The standard InChI is InChI=1S/C23H28N4O4/c28-20-9-8-18(25-22(29)19-7-4-10-31-19)21-16-11-15(13-27(20)21)12-26(14-16)23(30)24-17-5-2-1-3-6-17/h4,7-10,15-17H,1-3,5-6,11-14H2,(H,24,30)(H,25,29)/t15-,16+/m0/s1. The second-order valence-electron chi connectivity index (χ2n) is 9.00. The molecule has 2 aromatic heterocycles. The smallest absolute Gasteiger partial charge is 0.317 e. The third-order valence-corrected chi connectivity index (χ3v) is 6.80. The van der Waals surface area contributed by atoms with Gasteiger partial charge in [0.2, 0.25) is 0 Å². The minimum atomic E-state index is -0.351. The van der Waals surface area contributed by atoms with Gasteiger partial charge in [-0.3, -0.25) is 9.59 Å². The minimum Gasteiger partial charge on any atom is -0.459 e. The summed E-state index contributed by atoms with van der Waals surface area (Å²) < 4.78 is 6.97. The van der Waals surface area contributed by atoms with E-state index in [1.54, 1.807) is 22.8 Å². The van der Waals surface area contributed by atoms with E-state index in [1.807, 2.05) is 4.90 Å². The van der Waals surface area contributed by atoms with Gasteiger partial charge in [0.05, 0.1) is 12.0 Å². The highest BCUT2D eigenvalue weighted by Gasteiger charge is 2.38. The van der Waals surface area contributed by atoms with Crippen LogP contribution in [0.25, 0.3) is 0 Å². The summed E-state index contributed by atoms with van der Waals surface area (Å²) >= 11 is 0. The van der Waals surface area contributed by atoms with Gasteiger partial charge in [-0.2, -0.15) is 0 Å². The topological polar surface area (TPSA) is 96.6 Å². The predicted octanol–water partition coefficient (Wildman–Crippen LogP) is 3.16. The van der Waals surface area contributed by atoms with Crippen molar-refractivity contribution >= 4 is 17.6 Å². The average Bonchev–Trinajstić information content (AvgIpc) is 3.31. The molecule has 8 nitrogen and oxygen atoms in total. The first-order chi connectivity index (χ1) is 15.1. The van der Waals surface area contributed by atoms with Gasteiger partial charge in [-0.15, -0.1) is 0 Å². The lowest BCUT2D eigenvalue weighted by atomic mass is 9.82. The maximum absolute atomic E-state index is 13.0. The van der Waals surface area contributed by atoms with Gasteiger partial charge in [0.1, 0.15) is 0 Å². The van der Waals surface area contributed by atoms with Crippen LogP contribution in [-0.2, 0) is 6.54 Å². The molecule has 2 fully saturated rings. The molecule has 3 aliphatic rings. The molecule has 0 spiro atoms. The van der Waals surface area contributed by atoms with Crippen molar-refractivity contribution in [3.8, 4) is 0 Å². The van der Waals surface area contributed by atoms with E-state index in [1.165, 1.54) is 31.6 Å². The van der Waals surface area contributed by atoms with Crippen molar-refractivity contribution in [1.29, 1.82) is 0 Å². The van der Waals surface area contributed by atoms with Crippen LogP contribution in [0.2, 0.25) is 0 Å². The van der Waals surface area contributed by atoms with Crippen LogP contribution in [0.15, 0.2) is 39.7 Å². The minimum absolute atomic E-state index is 0.00501. The zero-order valence-electron chi connectivity index (χ0n) is 17.5. The number of fused-ring (bicyclic) bond motifs is 4. The summed E-state index contributed by atoms with van der Waals surface area (Å²) in [4.78, 5) is 40.0. The molecule has 1 saturated carbocycles.